The highest BCUT2D eigenvalue weighted by Crippen LogP contribution is 2.44. The normalized spacial score (nSPS) is 14.5. The molecule has 268 valence electrons. The Morgan fingerprint density at radius 1 is 0.351 bits per heavy atom. The van der Waals surface area contributed by atoms with Crippen molar-refractivity contribution < 1.29 is 0 Å². The van der Waals surface area contributed by atoms with Crippen LogP contribution in [0, 0.1) is 0 Å². The Hall–Kier alpha value is -7.56. The molecule has 0 radical (unpaired) electrons. The number of nitrogens with one attached hydrogen (secondary N) is 1. The lowest BCUT2D eigenvalue weighted by atomic mass is 9.99. The van der Waals surface area contributed by atoms with E-state index in [2.05, 4.69) is 225 Å². The molecular formula is C53H36N4. The van der Waals surface area contributed by atoms with Crippen molar-refractivity contribution in [2.45, 2.75) is 6.04 Å². The lowest BCUT2D eigenvalue weighted by molar-refractivity contribution is 0.762. The smallest absolute Gasteiger partial charge is 0.0721 e. The number of allylic oxidation sites excluding steroid dienone is 2. The van der Waals surface area contributed by atoms with Crippen molar-refractivity contribution in [2.24, 2.45) is 0 Å². The van der Waals surface area contributed by atoms with E-state index in [1.54, 1.807) is 0 Å². The van der Waals surface area contributed by atoms with Gasteiger partial charge in [-0.3, -0.25) is 0 Å². The molecule has 1 unspecified atom stereocenters. The second-order valence-electron chi connectivity index (χ2n) is 15.0. The number of para-hydroxylation sites is 4. The van der Waals surface area contributed by atoms with E-state index < -0.39 is 0 Å². The number of fused-ring (bicyclic) bond motifs is 9. The molecule has 0 amide bonds. The lowest BCUT2D eigenvalue weighted by Crippen LogP contribution is -2.22. The van der Waals surface area contributed by atoms with Gasteiger partial charge in [0.2, 0.25) is 0 Å². The predicted octanol–water partition coefficient (Wildman–Crippen LogP) is 13.2. The highest BCUT2D eigenvalue weighted by atomic mass is 15.0. The average molecular weight is 729 g/mol. The van der Waals surface area contributed by atoms with Crippen LogP contribution in [0.2, 0.25) is 0 Å². The van der Waals surface area contributed by atoms with Crippen LogP contribution in [0.1, 0.15) is 17.2 Å². The zero-order chi connectivity index (χ0) is 37.5. The van der Waals surface area contributed by atoms with Crippen molar-refractivity contribution >= 4 is 76.8 Å². The quantitative estimate of drug-likeness (QED) is 0.188. The van der Waals surface area contributed by atoms with Gasteiger partial charge < -0.3 is 19.0 Å². The maximum absolute atomic E-state index is 3.89. The third-order valence-electron chi connectivity index (χ3n) is 11.8. The second-order valence-corrected chi connectivity index (χ2v) is 15.0. The van der Waals surface area contributed by atoms with E-state index in [0.717, 1.165) is 28.3 Å². The van der Waals surface area contributed by atoms with E-state index in [-0.39, 0.29) is 6.04 Å². The van der Waals surface area contributed by atoms with Crippen LogP contribution in [0.25, 0.3) is 88.2 Å². The van der Waals surface area contributed by atoms with Gasteiger partial charge in [-0.25, -0.2) is 0 Å². The van der Waals surface area contributed by atoms with Crippen LogP contribution >= 0.6 is 0 Å². The van der Waals surface area contributed by atoms with Crippen LogP contribution in [0.4, 0.5) is 0 Å². The highest BCUT2D eigenvalue weighted by Gasteiger charge is 2.24. The summed E-state index contributed by atoms with van der Waals surface area (Å²) >= 11 is 0. The fourth-order valence-corrected chi connectivity index (χ4v) is 9.31. The molecule has 0 aliphatic carbocycles. The molecule has 12 rings (SSSR count). The molecule has 0 fully saturated rings. The molecule has 0 bridgehead atoms. The molecule has 1 aliphatic heterocycles. The van der Waals surface area contributed by atoms with E-state index >= 15 is 0 Å². The summed E-state index contributed by atoms with van der Waals surface area (Å²) in [5.41, 5.74) is 14.1. The minimum Gasteiger partial charge on any atom is -0.374 e. The topological polar surface area (TPSA) is 26.8 Å². The van der Waals surface area contributed by atoms with E-state index in [1.165, 1.54) is 71.0 Å². The average Bonchev–Trinajstić information content (AvgIpc) is 3.90. The first kappa shape index (κ1) is 31.8. The van der Waals surface area contributed by atoms with E-state index in [1.807, 2.05) is 0 Å². The van der Waals surface area contributed by atoms with E-state index in [9.17, 15) is 0 Å². The number of hydrogen-bond acceptors (Lipinski definition) is 1. The Morgan fingerprint density at radius 2 is 0.754 bits per heavy atom. The van der Waals surface area contributed by atoms with Gasteiger partial charge in [0.05, 0.1) is 39.1 Å². The lowest BCUT2D eigenvalue weighted by Gasteiger charge is -2.26. The minimum absolute atomic E-state index is 0.0265. The molecule has 4 heteroatoms. The van der Waals surface area contributed by atoms with Crippen molar-refractivity contribution in [2.75, 3.05) is 0 Å². The Morgan fingerprint density at radius 3 is 1.26 bits per heavy atom. The van der Waals surface area contributed by atoms with Gasteiger partial charge in [0.1, 0.15) is 0 Å². The minimum atomic E-state index is -0.0265. The third-order valence-corrected chi connectivity index (χ3v) is 11.8. The Bertz CT molecular complexity index is 3230. The molecule has 11 aromatic rings. The first-order chi connectivity index (χ1) is 28.3. The van der Waals surface area contributed by atoms with Crippen LogP contribution in [-0.4, -0.2) is 13.7 Å². The van der Waals surface area contributed by atoms with Gasteiger partial charge in [-0.15, -0.1) is 0 Å². The summed E-state index contributed by atoms with van der Waals surface area (Å²) in [6, 6.07) is 70.4. The van der Waals surface area contributed by atoms with Gasteiger partial charge in [-0.2, -0.15) is 0 Å². The monoisotopic (exact) mass is 728 g/mol. The van der Waals surface area contributed by atoms with Crippen molar-refractivity contribution in [1.29, 1.82) is 0 Å². The van der Waals surface area contributed by atoms with Crippen LogP contribution in [-0.2, 0) is 0 Å². The number of rotatable bonds is 5. The van der Waals surface area contributed by atoms with Gasteiger partial charge in [0.25, 0.3) is 0 Å². The number of nitrogens with zero attached hydrogens (tertiary/aromatic N) is 3. The third kappa shape index (κ3) is 4.87. The Balaban J connectivity index is 1.24. The largest absolute Gasteiger partial charge is 0.374 e. The number of benzene rings is 8. The molecule has 0 spiro atoms. The summed E-state index contributed by atoms with van der Waals surface area (Å²) in [6.45, 7) is 0. The molecule has 4 nitrogen and oxygen atoms in total. The first-order valence-corrected chi connectivity index (χ1v) is 19.6. The van der Waals surface area contributed by atoms with Crippen molar-refractivity contribution in [3.05, 3.63) is 217 Å². The number of dihydropyridines is 1. The summed E-state index contributed by atoms with van der Waals surface area (Å²) < 4.78 is 7.37. The van der Waals surface area contributed by atoms with Gasteiger partial charge in [-0.1, -0.05) is 133 Å². The predicted molar refractivity (Wildman–Crippen MR) is 239 cm³/mol. The molecule has 1 aliphatic rings. The fraction of sp³-hybridized carbons (Fsp3) is 0.0189. The van der Waals surface area contributed by atoms with Crippen molar-refractivity contribution in [1.82, 2.24) is 19.0 Å². The maximum Gasteiger partial charge on any atom is 0.0721 e. The van der Waals surface area contributed by atoms with E-state index in [0.29, 0.717) is 0 Å². The number of hydrogen-bond donors (Lipinski definition) is 1. The SMILES string of the molecule is C1=C(c2ccccc2)NC(c2ccccc2)C=C1n1c2cc3c4ccccc4n(-c4ccccc4)c3cc2c2cc3c(cc21)c1ccccc1n3-c1ccccc1. The molecule has 3 aromatic heterocycles. The molecule has 57 heavy (non-hydrogen) atoms. The van der Waals surface area contributed by atoms with Crippen LogP contribution in [0.3, 0.4) is 0 Å². The van der Waals surface area contributed by atoms with Crippen LogP contribution in [0.5, 0.6) is 0 Å². The fourth-order valence-electron chi connectivity index (χ4n) is 9.31. The zero-order valence-corrected chi connectivity index (χ0v) is 31.0. The molecule has 8 aromatic carbocycles. The van der Waals surface area contributed by atoms with Gasteiger partial charge in [0, 0.05) is 55.1 Å². The summed E-state index contributed by atoms with van der Waals surface area (Å²) in [5.74, 6) is 0. The molecular weight excluding hydrogens is 693 g/mol. The highest BCUT2D eigenvalue weighted by molar-refractivity contribution is 6.23. The second kappa shape index (κ2) is 12.5. The summed E-state index contributed by atoms with van der Waals surface area (Å²) in [7, 11) is 0. The van der Waals surface area contributed by atoms with Gasteiger partial charge in [-0.05, 0) is 83.9 Å². The van der Waals surface area contributed by atoms with Crippen molar-refractivity contribution in [3.63, 3.8) is 0 Å². The van der Waals surface area contributed by atoms with Crippen LogP contribution in [0.15, 0.2) is 206 Å². The summed E-state index contributed by atoms with van der Waals surface area (Å²) in [4.78, 5) is 0. The van der Waals surface area contributed by atoms with Gasteiger partial charge in [0.15, 0.2) is 0 Å². The van der Waals surface area contributed by atoms with Gasteiger partial charge >= 0.3 is 0 Å². The summed E-state index contributed by atoms with van der Waals surface area (Å²) in [5, 5.41) is 11.3. The molecule has 0 saturated heterocycles. The molecule has 1 atom stereocenters. The molecule has 0 saturated carbocycles. The van der Waals surface area contributed by atoms with Crippen LogP contribution < -0.4 is 5.32 Å². The van der Waals surface area contributed by atoms with Crippen molar-refractivity contribution in [3.8, 4) is 11.4 Å². The number of aromatic nitrogens is 3. The Labute approximate surface area is 329 Å². The first-order valence-electron chi connectivity index (χ1n) is 19.6. The molecule has 1 N–H and O–H groups in total. The maximum atomic E-state index is 3.89. The molecule has 4 heterocycles. The van der Waals surface area contributed by atoms with E-state index in [4.69, 9.17) is 0 Å². The standard InChI is InChI=1S/C53H36N4/c1-5-17-35(18-6-1)46-29-39(30-47(54-46)36-19-7-2-8-20-36)57-52-31-42-40-25-13-15-27-48(40)55(37-21-9-3-10-22-37)50(42)33-44(52)45-34-51-43(32-53(45)57)41-26-14-16-28-49(41)56(51)38-23-11-4-12-24-38/h1-34,46,54H. The Kier molecular flexibility index (Phi) is 6.96. The summed E-state index contributed by atoms with van der Waals surface area (Å²) in [6.07, 6.45) is 4.73. The zero-order valence-electron chi connectivity index (χ0n) is 31.0.